The van der Waals surface area contributed by atoms with Gasteiger partial charge in [0.2, 0.25) is 0 Å². The van der Waals surface area contributed by atoms with Gasteiger partial charge in [-0.2, -0.15) is 0 Å². The summed E-state index contributed by atoms with van der Waals surface area (Å²) in [5, 5.41) is 5.69. The molecule has 0 saturated heterocycles. The molecular weight excluding hydrogens is 426 g/mol. The summed E-state index contributed by atoms with van der Waals surface area (Å²) < 4.78 is 67.1. The van der Waals surface area contributed by atoms with Crippen LogP contribution in [0.25, 0.3) is 10.1 Å². The Kier molecular flexibility index (Phi) is 4.68. The number of anilines is 1. The molecule has 2 aromatic heterocycles. The maximum absolute atomic E-state index is 13.6. The predicted molar refractivity (Wildman–Crippen MR) is 82.7 cm³/mol. The van der Waals surface area contributed by atoms with Crippen LogP contribution in [0.2, 0.25) is 0 Å². The van der Waals surface area contributed by atoms with Crippen LogP contribution in [0.5, 0.6) is 0 Å². The number of rotatable bonds is 3. The number of carbonyl (C=O) groups excluding carboxylic acids is 1. The SMILES string of the molecule is Cn1nc(C(F)(F)F)cc1-c1cnc(NC(=O)c2c(F)cccc2F)[se]1. The second-order valence-electron chi connectivity index (χ2n) is 5.12. The number of alkyl halides is 3. The van der Waals surface area contributed by atoms with E-state index >= 15 is 0 Å². The number of carbonyl (C=O) groups is 1. The molecule has 1 amide bonds. The van der Waals surface area contributed by atoms with Crippen molar-refractivity contribution in [1.82, 2.24) is 14.8 Å². The number of nitrogens with zero attached hydrogens (tertiary/aromatic N) is 3. The number of halogens is 5. The molecule has 1 aromatic carbocycles. The molecule has 2 heterocycles. The van der Waals surface area contributed by atoms with Crippen molar-refractivity contribution < 1.29 is 26.7 Å². The van der Waals surface area contributed by atoms with Crippen LogP contribution in [0.1, 0.15) is 16.1 Å². The Morgan fingerprint density at radius 1 is 1.23 bits per heavy atom. The van der Waals surface area contributed by atoms with Crippen LogP contribution in [0.4, 0.5) is 26.6 Å². The topological polar surface area (TPSA) is 59.8 Å². The van der Waals surface area contributed by atoms with Crippen molar-refractivity contribution in [1.29, 1.82) is 0 Å². The van der Waals surface area contributed by atoms with Crippen LogP contribution in [0.15, 0.2) is 30.5 Å². The summed E-state index contributed by atoms with van der Waals surface area (Å²) in [5.74, 6) is -3.07. The second kappa shape index (κ2) is 6.65. The third-order valence-electron chi connectivity index (χ3n) is 3.34. The number of hydrogen-bond acceptors (Lipinski definition) is 3. The molecule has 1 N–H and O–H groups in total. The average Bonchev–Trinajstić information content (AvgIpc) is 3.13. The first kappa shape index (κ1) is 18.3. The van der Waals surface area contributed by atoms with E-state index in [0.717, 1.165) is 28.9 Å². The summed E-state index contributed by atoms with van der Waals surface area (Å²) in [6.45, 7) is 0. The van der Waals surface area contributed by atoms with E-state index in [1.807, 2.05) is 0 Å². The molecule has 0 aliphatic carbocycles. The number of amides is 1. The van der Waals surface area contributed by atoms with E-state index in [1.54, 1.807) is 0 Å². The molecule has 0 aliphatic rings. The van der Waals surface area contributed by atoms with Gasteiger partial charge in [-0.3, -0.25) is 0 Å². The van der Waals surface area contributed by atoms with Gasteiger partial charge < -0.3 is 0 Å². The quantitative estimate of drug-likeness (QED) is 0.508. The van der Waals surface area contributed by atoms with Gasteiger partial charge in [0.1, 0.15) is 0 Å². The first-order chi connectivity index (χ1) is 12.2. The zero-order chi connectivity index (χ0) is 19.1. The fourth-order valence-corrected chi connectivity index (χ4v) is 3.96. The summed E-state index contributed by atoms with van der Waals surface area (Å²) in [7, 11) is 1.35. The molecule has 0 fully saturated rings. The molecular formula is C15H9F5N4OSe. The van der Waals surface area contributed by atoms with Crippen LogP contribution in [-0.2, 0) is 13.2 Å². The minimum absolute atomic E-state index is 0.120. The third kappa shape index (κ3) is 3.54. The number of nitrogens with one attached hydrogen (secondary N) is 1. The summed E-state index contributed by atoms with van der Waals surface area (Å²) >= 11 is -0.659. The summed E-state index contributed by atoms with van der Waals surface area (Å²) in [6, 6.07) is 3.89. The van der Waals surface area contributed by atoms with Gasteiger partial charge in [0.05, 0.1) is 0 Å². The van der Waals surface area contributed by atoms with Crippen LogP contribution in [-0.4, -0.2) is 35.2 Å². The van der Waals surface area contributed by atoms with Crippen LogP contribution >= 0.6 is 0 Å². The molecule has 3 aromatic rings. The molecule has 0 saturated carbocycles. The average molecular weight is 435 g/mol. The van der Waals surface area contributed by atoms with E-state index < -0.39 is 49.5 Å². The Morgan fingerprint density at radius 2 is 1.88 bits per heavy atom. The van der Waals surface area contributed by atoms with Gasteiger partial charge in [-0.25, -0.2) is 0 Å². The van der Waals surface area contributed by atoms with E-state index in [-0.39, 0.29) is 10.4 Å². The minimum atomic E-state index is -4.58. The normalized spacial score (nSPS) is 11.6. The fourth-order valence-electron chi connectivity index (χ4n) is 2.16. The van der Waals surface area contributed by atoms with Crippen molar-refractivity contribution >= 4 is 25.1 Å². The Balaban J connectivity index is 1.85. The zero-order valence-electron chi connectivity index (χ0n) is 12.9. The maximum atomic E-state index is 13.6. The second-order valence-corrected chi connectivity index (χ2v) is 7.28. The first-order valence-corrected chi connectivity index (χ1v) is 8.71. The van der Waals surface area contributed by atoms with Crippen molar-refractivity contribution in [2.24, 2.45) is 7.05 Å². The Hall–Kier alpha value is -2.52. The van der Waals surface area contributed by atoms with Crippen LogP contribution < -0.4 is 5.32 Å². The molecule has 0 bridgehead atoms. The molecule has 26 heavy (non-hydrogen) atoms. The van der Waals surface area contributed by atoms with Crippen molar-refractivity contribution in [2.75, 3.05) is 5.32 Å². The number of aryl methyl sites for hydroxylation is 1. The van der Waals surface area contributed by atoms with Crippen molar-refractivity contribution in [3.63, 3.8) is 0 Å². The van der Waals surface area contributed by atoms with Crippen LogP contribution in [0, 0.1) is 11.6 Å². The van der Waals surface area contributed by atoms with Gasteiger partial charge in [0, 0.05) is 0 Å². The number of benzene rings is 1. The summed E-state index contributed by atoms with van der Waals surface area (Å²) in [6.07, 6.45) is -3.28. The van der Waals surface area contributed by atoms with E-state index in [2.05, 4.69) is 15.4 Å². The Bertz CT molecular complexity index is 959. The molecule has 5 nitrogen and oxygen atoms in total. The van der Waals surface area contributed by atoms with Crippen molar-refractivity contribution in [3.05, 3.63) is 53.4 Å². The summed E-state index contributed by atoms with van der Waals surface area (Å²) in [4.78, 5) is 16.0. The Labute approximate surface area is 149 Å². The van der Waals surface area contributed by atoms with Crippen molar-refractivity contribution in [2.45, 2.75) is 6.18 Å². The van der Waals surface area contributed by atoms with Gasteiger partial charge in [-0.05, 0) is 0 Å². The predicted octanol–water partition coefficient (Wildman–Crippen LogP) is 3.09. The van der Waals surface area contributed by atoms with Gasteiger partial charge >= 0.3 is 149 Å². The molecule has 3 rings (SSSR count). The molecule has 0 spiro atoms. The van der Waals surface area contributed by atoms with Gasteiger partial charge in [-0.1, -0.05) is 0 Å². The molecule has 0 radical (unpaired) electrons. The van der Waals surface area contributed by atoms with Crippen molar-refractivity contribution in [3.8, 4) is 10.1 Å². The zero-order valence-corrected chi connectivity index (χ0v) is 14.6. The Morgan fingerprint density at radius 3 is 2.46 bits per heavy atom. The van der Waals surface area contributed by atoms with Crippen LogP contribution in [0.3, 0.4) is 0 Å². The monoisotopic (exact) mass is 436 g/mol. The van der Waals surface area contributed by atoms with Gasteiger partial charge in [0.25, 0.3) is 0 Å². The molecule has 136 valence electrons. The van der Waals surface area contributed by atoms with Gasteiger partial charge in [0.15, 0.2) is 0 Å². The fraction of sp³-hybridized carbons (Fsp3) is 0.133. The number of hydrogen-bond donors (Lipinski definition) is 1. The van der Waals surface area contributed by atoms with Gasteiger partial charge in [-0.15, -0.1) is 0 Å². The standard InChI is InChI=1S/C15H9F5N4OSe/c1-24-9(5-11(23-24)15(18,19)20)10-6-21-14(26-10)22-13(25)12-7(16)3-2-4-8(12)17/h2-6H,1H3,(H,21,22,25). The molecule has 0 aliphatic heterocycles. The molecule has 0 atom stereocenters. The number of aromatic nitrogens is 3. The molecule has 0 unspecified atom stereocenters. The third-order valence-corrected chi connectivity index (χ3v) is 5.30. The van der Waals surface area contributed by atoms with E-state index in [1.165, 1.54) is 13.2 Å². The van der Waals surface area contributed by atoms with E-state index in [9.17, 15) is 26.7 Å². The summed E-state index contributed by atoms with van der Waals surface area (Å²) in [5.41, 5.74) is -1.60. The molecule has 11 heteroatoms. The van der Waals surface area contributed by atoms with E-state index in [4.69, 9.17) is 0 Å². The first-order valence-electron chi connectivity index (χ1n) is 6.99. The van der Waals surface area contributed by atoms with E-state index in [0.29, 0.717) is 4.44 Å².